The Kier molecular flexibility index (Phi) is 7.54. The molecule has 0 aliphatic heterocycles. The molecule has 0 amide bonds. The first kappa shape index (κ1) is 28.8. The summed E-state index contributed by atoms with van der Waals surface area (Å²) in [5.41, 5.74) is 9.93. The van der Waals surface area contributed by atoms with Crippen LogP contribution in [0.4, 0.5) is 0 Å². The molecule has 0 radical (unpaired) electrons. The largest absolute Gasteiger partial charge is 0.208 e. The summed E-state index contributed by atoms with van der Waals surface area (Å²) in [6.45, 7) is 0. The van der Waals surface area contributed by atoms with Crippen molar-refractivity contribution >= 4 is 10.8 Å². The van der Waals surface area contributed by atoms with Gasteiger partial charge in [-0.1, -0.05) is 164 Å². The van der Waals surface area contributed by atoms with Crippen LogP contribution in [0.5, 0.6) is 0 Å². The van der Waals surface area contributed by atoms with Crippen LogP contribution in [0.1, 0.15) is 5.56 Å². The molecule has 0 aliphatic carbocycles. The SMILES string of the molecule is N#Cc1ccccc1-c1ccc(-c2ccc(-c3nc(-c4ccccc4)nc(-c4ccc(-c5ccccc5)cc4)n3)cc2)c2ccccc12. The van der Waals surface area contributed by atoms with Crippen molar-refractivity contribution in [2.75, 3.05) is 0 Å². The molecule has 0 aliphatic rings. The summed E-state index contributed by atoms with van der Waals surface area (Å²) in [4.78, 5) is 14.8. The Balaban J connectivity index is 1.18. The lowest BCUT2D eigenvalue weighted by Gasteiger charge is -2.13. The van der Waals surface area contributed by atoms with Gasteiger partial charge in [-0.15, -0.1) is 0 Å². The molecule has 0 saturated heterocycles. The zero-order valence-corrected chi connectivity index (χ0v) is 26.0. The zero-order chi connectivity index (χ0) is 32.3. The van der Waals surface area contributed by atoms with Crippen molar-refractivity contribution in [1.82, 2.24) is 15.0 Å². The molecular weight excluding hydrogens is 585 g/mol. The summed E-state index contributed by atoms with van der Waals surface area (Å²) >= 11 is 0. The standard InChI is InChI=1S/C44H28N4/c45-29-36-15-7-8-16-37(36)41-28-27-38(39-17-9-10-18-40(39)41)32-21-25-35(26-22-32)44-47-42(33-13-5-2-6-14-33)46-43(48-44)34-23-19-31(20-24-34)30-11-3-1-4-12-30/h1-28H. The molecule has 4 heteroatoms. The van der Waals surface area contributed by atoms with Crippen LogP contribution in [0, 0.1) is 11.3 Å². The Hall–Kier alpha value is -6.70. The van der Waals surface area contributed by atoms with Crippen LogP contribution >= 0.6 is 0 Å². The van der Waals surface area contributed by atoms with Gasteiger partial charge in [0.05, 0.1) is 11.6 Å². The van der Waals surface area contributed by atoms with E-state index in [2.05, 4.69) is 97.1 Å². The summed E-state index contributed by atoms with van der Waals surface area (Å²) in [6.07, 6.45) is 0. The molecule has 0 atom stereocenters. The van der Waals surface area contributed by atoms with E-state index >= 15 is 0 Å². The monoisotopic (exact) mass is 612 g/mol. The smallest absolute Gasteiger partial charge is 0.164 e. The number of nitrogens with zero attached hydrogens (tertiary/aromatic N) is 4. The van der Waals surface area contributed by atoms with Gasteiger partial charge >= 0.3 is 0 Å². The molecule has 0 fully saturated rings. The second-order valence-corrected chi connectivity index (χ2v) is 11.6. The summed E-state index contributed by atoms with van der Waals surface area (Å²) in [6, 6.07) is 59.9. The maximum Gasteiger partial charge on any atom is 0.164 e. The van der Waals surface area contributed by atoms with E-state index in [1.807, 2.05) is 78.9 Å². The van der Waals surface area contributed by atoms with Crippen molar-refractivity contribution < 1.29 is 0 Å². The summed E-state index contributed by atoms with van der Waals surface area (Å²) in [5, 5.41) is 12.0. The maximum atomic E-state index is 9.76. The average Bonchev–Trinajstić information content (AvgIpc) is 3.18. The highest BCUT2D eigenvalue weighted by atomic mass is 15.0. The highest BCUT2D eigenvalue weighted by molar-refractivity contribution is 6.05. The summed E-state index contributed by atoms with van der Waals surface area (Å²) in [7, 11) is 0. The molecule has 1 aromatic heterocycles. The van der Waals surface area contributed by atoms with Crippen LogP contribution in [0.25, 0.3) is 78.3 Å². The number of fused-ring (bicyclic) bond motifs is 1. The molecule has 0 bridgehead atoms. The normalized spacial score (nSPS) is 10.9. The van der Waals surface area contributed by atoms with Gasteiger partial charge in [0, 0.05) is 22.3 Å². The molecule has 0 N–H and O–H groups in total. The van der Waals surface area contributed by atoms with E-state index in [4.69, 9.17) is 15.0 Å². The first-order chi connectivity index (χ1) is 23.7. The number of hydrogen-bond donors (Lipinski definition) is 0. The molecule has 4 nitrogen and oxygen atoms in total. The first-order valence-electron chi connectivity index (χ1n) is 15.8. The second-order valence-electron chi connectivity index (χ2n) is 11.6. The Morgan fingerprint density at radius 3 is 1.29 bits per heavy atom. The van der Waals surface area contributed by atoms with Crippen molar-refractivity contribution in [3.8, 4) is 73.6 Å². The van der Waals surface area contributed by atoms with E-state index in [9.17, 15) is 5.26 Å². The minimum Gasteiger partial charge on any atom is -0.208 e. The Labute approximate surface area is 279 Å². The fourth-order valence-electron chi connectivity index (χ4n) is 6.19. The molecule has 0 unspecified atom stereocenters. The minimum atomic E-state index is 0.617. The first-order valence-corrected chi connectivity index (χ1v) is 15.8. The van der Waals surface area contributed by atoms with E-state index in [0.29, 0.717) is 23.0 Å². The van der Waals surface area contributed by atoms with Crippen molar-refractivity contribution in [2.24, 2.45) is 0 Å². The second kappa shape index (κ2) is 12.6. The molecule has 0 saturated carbocycles. The van der Waals surface area contributed by atoms with Gasteiger partial charge in [-0.05, 0) is 44.7 Å². The molecule has 8 aromatic rings. The van der Waals surface area contributed by atoms with Gasteiger partial charge < -0.3 is 0 Å². The van der Waals surface area contributed by atoms with Crippen molar-refractivity contribution in [2.45, 2.75) is 0 Å². The lowest BCUT2D eigenvalue weighted by Crippen LogP contribution is -2.00. The van der Waals surface area contributed by atoms with Gasteiger partial charge in [0.2, 0.25) is 0 Å². The zero-order valence-electron chi connectivity index (χ0n) is 26.0. The average molecular weight is 613 g/mol. The number of benzene rings is 7. The van der Waals surface area contributed by atoms with Gasteiger partial charge in [-0.3, -0.25) is 0 Å². The van der Waals surface area contributed by atoms with E-state index in [1.165, 1.54) is 5.56 Å². The summed E-state index contributed by atoms with van der Waals surface area (Å²) < 4.78 is 0. The summed E-state index contributed by atoms with van der Waals surface area (Å²) in [5.74, 6) is 1.87. The lowest BCUT2D eigenvalue weighted by atomic mass is 9.90. The molecule has 1 heterocycles. The van der Waals surface area contributed by atoms with Crippen molar-refractivity contribution in [3.63, 3.8) is 0 Å². The minimum absolute atomic E-state index is 0.617. The van der Waals surface area contributed by atoms with Gasteiger partial charge in [-0.25, -0.2) is 15.0 Å². The highest BCUT2D eigenvalue weighted by Gasteiger charge is 2.15. The van der Waals surface area contributed by atoms with Crippen LogP contribution in [-0.4, -0.2) is 15.0 Å². The van der Waals surface area contributed by atoms with Crippen LogP contribution in [0.15, 0.2) is 170 Å². The molecule has 7 aromatic carbocycles. The van der Waals surface area contributed by atoms with E-state index in [1.54, 1.807) is 0 Å². The highest BCUT2D eigenvalue weighted by Crippen LogP contribution is 2.37. The van der Waals surface area contributed by atoms with Crippen LogP contribution in [0.3, 0.4) is 0 Å². The lowest BCUT2D eigenvalue weighted by molar-refractivity contribution is 1.07. The molecule has 8 rings (SSSR count). The number of nitriles is 1. The third kappa shape index (κ3) is 5.51. The third-order valence-electron chi connectivity index (χ3n) is 8.63. The quantitative estimate of drug-likeness (QED) is 0.187. The third-order valence-corrected chi connectivity index (χ3v) is 8.63. The maximum absolute atomic E-state index is 9.76. The van der Waals surface area contributed by atoms with Crippen molar-refractivity contribution in [3.05, 3.63) is 175 Å². The molecule has 48 heavy (non-hydrogen) atoms. The van der Waals surface area contributed by atoms with Crippen LogP contribution in [0.2, 0.25) is 0 Å². The van der Waals surface area contributed by atoms with Gasteiger partial charge in [0.1, 0.15) is 0 Å². The van der Waals surface area contributed by atoms with Crippen molar-refractivity contribution in [1.29, 1.82) is 5.26 Å². The van der Waals surface area contributed by atoms with Gasteiger partial charge in [-0.2, -0.15) is 5.26 Å². The van der Waals surface area contributed by atoms with E-state index in [-0.39, 0.29) is 0 Å². The molecule has 224 valence electrons. The molecular formula is C44H28N4. The molecule has 0 spiro atoms. The van der Waals surface area contributed by atoms with Gasteiger partial charge in [0.25, 0.3) is 0 Å². The Bertz CT molecular complexity index is 2430. The number of aromatic nitrogens is 3. The Morgan fingerprint density at radius 2 is 0.708 bits per heavy atom. The number of rotatable bonds is 6. The van der Waals surface area contributed by atoms with E-state index in [0.717, 1.165) is 55.3 Å². The topological polar surface area (TPSA) is 62.5 Å². The fourth-order valence-corrected chi connectivity index (χ4v) is 6.19. The fraction of sp³-hybridized carbons (Fsp3) is 0. The Morgan fingerprint density at radius 1 is 0.312 bits per heavy atom. The van der Waals surface area contributed by atoms with Crippen LogP contribution in [-0.2, 0) is 0 Å². The predicted molar refractivity (Wildman–Crippen MR) is 195 cm³/mol. The predicted octanol–water partition coefficient (Wildman–Crippen LogP) is 10.9. The van der Waals surface area contributed by atoms with E-state index < -0.39 is 0 Å². The van der Waals surface area contributed by atoms with Gasteiger partial charge in [0.15, 0.2) is 17.5 Å². The van der Waals surface area contributed by atoms with Crippen LogP contribution < -0.4 is 0 Å². The number of hydrogen-bond acceptors (Lipinski definition) is 4.